The molecule has 10 heteroatoms. The zero-order valence-corrected chi connectivity index (χ0v) is 18.3. The summed E-state index contributed by atoms with van der Waals surface area (Å²) in [6.45, 7) is 0.833. The van der Waals surface area contributed by atoms with Crippen LogP contribution in [0.5, 0.6) is 0 Å². The number of hydrogen-bond donors (Lipinski definition) is 1. The van der Waals surface area contributed by atoms with Gasteiger partial charge in [-0.1, -0.05) is 18.2 Å². The minimum Gasteiger partial charge on any atom is -0.322 e. The molecular weight excluding hydrogens is 469 g/mol. The van der Waals surface area contributed by atoms with Crippen LogP contribution < -0.4 is 10.2 Å². The molecule has 1 aliphatic rings. The normalized spacial score (nSPS) is 14.3. The molecule has 0 radical (unpaired) electrons. The van der Waals surface area contributed by atoms with Crippen LogP contribution in [0.2, 0.25) is 0 Å². The fourth-order valence-electron chi connectivity index (χ4n) is 3.87. The predicted octanol–water partition coefficient (Wildman–Crippen LogP) is 6.07. The van der Waals surface area contributed by atoms with Crippen molar-refractivity contribution in [1.29, 1.82) is 0 Å². The molecule has 0 unspecified atom stereocenters. The number of carbonyl (C=O) groups excluding carboxylic acids is 2. The highest BCUT2D eigenvalue weighted by Gasteiger charge is 2.31. The van der Waals surface area contributed by atoms with Crippen molar-refractivity contribution in [2.75, 3.05) is 23.3 Å². The summed E-state index contributed by atoms with van der Waals surface area (Å²) in [5, 5.41) is 2.42. The summed E-state index contributed by atoms with van der Waals surface area (Å²) in [5.41, 5.74) is -0.323. The van der Waals surface area contributed by atoms with E-state index in [1.807, 2.05) is 0 Å². The van der Waals surface area contributed by atoms with Gasteiger partial charge in [-0.15, -0.1) is 0 Å². The van der Waals surface area contributed by atoms with E-state index in [1.54, 1.807) is 12.1 Å². The molecule has 0 spiro atoms. The molecule has 1 N–H and O–H groups in total. The molecule has 0 aromatic heterocycles. The second-order valence-corrected chi connectivity index (χ2v) is 8.01. The molecule has 182 valence electrons. The van der Waals surface area contributed by atoms with Gasteiger partial charge in [0.1, 0.15) is 17.2 Å². The van der Waals surface area contributed by atoms with Gasteiger partial charge in [-0.25, -0.2) is 13.6 Å². The molecule has 0 saturated carbocycles. The fraction of sp³-hybridized carbons (Fsp3) is 0.200. The van der Waals surface area contributed by atoms with Crippen molar-refractivity contribution in [2.45, 2.75) is 19.1 Å². The smallest absolute Gasteiger partial charge is 0.322 e. The van der Waals surface area contributed by atoms with Crippen LogP contribution in [-0.2, 0) is 12.7 Å². The van der Waals surface area contributed by atoms with E-state index in [-0.39, 0.29) is 18.3 Å². The molecule has 1 heterocycles. The van der Waals surface area contributed by atoms with Gasteiger partial charge in [-0.05, 0) is 60.5 Å². The first-order chi connectivity index (χ1) is 16.6. The third-order valence-corrected chi connectivity index (χ3v) is 5.57. The molecule has 35 heavy (non-hydrogen) atoms. The number of hydrogen-bond acceptors (Lipinski definition) is 2. The van der Waals surface area contributed by atoms with Crippen LogP contribution in [0.15, 0.2) is 66.7 Å². The zero-order chi connectivity index (χ0) is 25.2. The Kier molecular flexibility index (Phi) is 6.72. The molecule has 1 fully saturated rings. The lowest BCUT2D eigenvalue weighted by molar-refractivity contribution is -0.137. The molecule has 5 nitrogen and oxygen atoms in total. The number of benzene rings is 3. The minimum absolute atomic E-state index is 0.0294. The maximum Gasteiger partial charge on any atom is 0.416 e. The average Bonchev–Trinajstić information content (AvgIpc) is 2.81. The van der Waals surface area contributed by atoms with E-state index in [0.29, 0.717) is 30.8 Å². The van der Waals surface area contributed by atoms with Gasteiger partial charge in [0.15, 0.2) is 0 Å². The van der Waals surface area contributed by atoms with Gasteiger partial charge in [-0.3, -0.25) is 9.69 Å². The van der Waals surface area contributed by atoms with Crippen LogP contribution in [0.3, 0.4) is 0 Å². The summed E-state index contributed by atoms with van der Waals surface area (Å²) in [7, 11) is 0. The van der Waals surface area contributed by atoms with Crippen molar-refractivity contribution in [3.63, 3.8) is 0 Å². The third kappa shape index (κ3) is 5.42. The number of nitrogens with zero attached hydrogens (tertiary/aromatic N) is 2. The van der Waals surface area contributed by atoms with Gasteiger partial charge in [-0.2, -0.15) is 13.2 Å². The van der Waals surface area contributed by atoms with Gasteiger partial charge in [0, 0.05) is 31.0 Å². The van der Waals surface area contributed by atoms with E-state index in [1.165, 1.54) is 34.1 Å². The SMILES string of the molecule is O=C(Nc1ccc(N2CCCN(Cc3cccc(C(F)(F)F)c3)C2=O)cc1)c1c(F)cccc1F. The van der Waals surface area contributed by atoms with Crippen molar-refractivity contribution >= 4 is 23.3 Å². The quantitative estimate of drug-likeness (QED) is 0.443. The van der Waals surface area contributed by atoms with Crippen LogP contribution >= 0.6 is 0 Å². The maximum absolute atomic E-state index is 13.8. The monoisotopic (exact) mass is 489 g/mol. The Morgan fingerprint density at radius 2 is 1.57 bits per heavy atom. The maximum atomic E-state index is 13.8. The van der Waals surface area contributed by atoms with E-state index >= 15 is 0 Å². The van der Waals surface area contributed by atoms with Crippen molar-refractivity contribution in [3.05, 3.63) is 95.1 Å². The molecule has 1 saturated heterocycles. The van der Waals surface area contributed by atoms with Crippen LogP contribution in [0, 0.1) is 11.6 Å². The Bertz CT molecular complexity index is 1220. The topological polar surface area (TPSA) is 52.7 Å². The van der Waals surface area contributed by atoms with Crippen molar-refractivity contribution in [1.82, 2.24) is 4.90 Å². The number of rotatable bonds is 5. The van der Waals surface area contributed by atoms with Crippen LogP contribution in [0.25, 0.3) is 0 Å². The number of nitrogens with one attached hydrogen (secondary N) is 1. The average molecular weight is 489 g/mol. The highest BCUT2D eigenvalue weighted by Crippen LogP contribution is 2.30. The summed E-state index contributed by atoms with van der Waals surface area (Å²) in [6.07, 6.45) is -3.86. The van der Waals surface area contributed by atoms with E-state index in [4.69, 9.17) is 0 Å². The van der Waals surface area contributed by atoms with Gasteiger partial charge in [0.05, 0.1) is 5.56 Å². The minimum atomic E-state index is -4.47. The van der Waals surface area contributed by atoms with Gasteiger partial charge in [0.2, 0.25) is 0 Å². The first kappa shape index (κ1) is 24.2. The zero-order valence-electron chi connectivity index (χ0n) is 18.3. The van der Waals surface area contributed by atoms with Crippen LogP contribution in [0.1, 0.15) is 27.9 Å². The van der Waals surface area contributed by atoms with E-state index in [2.05, 4.69) is 5.32 Å². The number of urea groups is 1. The van der Waals surface area contributed by atoms with Crippen molar-refractivity contribution < 1.29 is 31.5 Å². The van der Waals surface area contributed by atoms with Crippen molar-refractivity contribution in [3.8, 4) is 0 Å². The molecule has 0 bridgehead atoms. The molecule has 3 amide bonds. The van der Waals surface area contributed by atoms with E-state index in [0.717, 1.165) is 30.3 Å². The Labute approximate surface area is 197 Å². The molecular formula is C25H20F5N3O2. The summed E-state index contributed by atoms with van der Waals surface area (Å²) in [4.78, 5) is 28.2. The Morgan fingerprint density at radius 1 is 0.914 bits per heavy atom. The first-order valence-electron chi connectivity index (χ1n) is 10.7. The Hall–Kier alpha value is -3.95. The number of anilines is 2. The van der Waals surface area contributed by atoms with E-state index in [9.17, 15) is 31.5 Å². The number of halogens is 5. The second kappa shape index (κ2) is 9.73. The molecule has 1 aliphatic heterocycles. The second-order valence-electron chi connectivity index (χ2n) is 8.01. The van der Waals surface area contributed by atoms with Gasteiger partial charge < -0.3 is 10.2 Å². The molecule has 0 atom stereocenters. The number of carbonyl (C=O) groups is 2. The van der Waals surface area contributed by atoms with E-state index < -0.39 is 34.8 Å². The summed E-state index contributed by atoms with van der Waals surface area (Å²) in [6, 6.07) is 13.7. The molecule has 0 aliphatic carbocycles. The molecule has 3 aromatic rings. The highest BCUT2D eigenvalue weighted by atomic mass is 19.4. The van der Waals surface area contributed by atoms with Gasteiger partial charge >= 0.3 is 12.2 Å². The van der Waals surface area contributed by atoms with Crippen molar-refractivity contribution in [2.24, 2.45) is 0 Å². The number of alkyl halides is 3. The fourth-order valence-corrected chi connectivity index (χ4v) is 3.87. The Balaban J connectivity index is 1.45. The van der Waals surface area contributed by atoms with Gasteiger partial charge in [0.25, 0.3) is 5.91 Å². The lowest BCUT2D eigenvalue weighted by Gasteiger charge is -2.35. The van der Waals surface area contributed by atoms with Crippen LogP contribution in [0.4, 0.5) is 38.1 Å². The largest absolute Gasteiger partial charge is 0.416 e. The predicted molar refractivity (Wildman–Crippen MR) is 120 cm³/mol. The highest BCUT2D eigenvalue weighted by molar-refractivity contribution is 6.04. The summed E-state index contributed by atoms with van der Waals surface area (Å²) < 4.78 is 66.6. The standard InChI is InChI=1S/C25H20F5N3O2/c26-20-6-2-7-21(27)22(20)23(34)31-18-8-10-19(11-9-18)33-13-3-12-32(24(33)35)15-16-4-1-5-17(14-16)25(28,29)30/h1-2,4-11,14H,3,12-13,15H2,(H,31,34). The van der Waals surface area contributed by atoms with Crippen LogP contribution in [-0.4, -0.2) is 29.9 Å². The molecule has 3 aromatic carbocycles. The Morgan fingerprint density at radius 3 is 2.23 bits per heavy atom. The lowest BCUT2D eigenvalue weighted by Crippen LogP contribution is -2.49. The number of amides is 3. The summed E-state index contributed by atoms with van der Waals surface area (Å²) in [5.74, 6) is -2.92. The lowest BCUT2D eigenvalue weighted by atomic mass is 10.1. The first-order valence-corrected chi connectivity index (χ1v) is 10.7. The molecule has 4 rings (SSSR count). The summed E-state index contributed by atoms with van der Waals surface area (Å²) >= 11 is 0. The third-order valence-electron chi connectivity index (χ3n) is 5.57.